The Bertz CT molecular complexity index is 532. The fourth-order valence-corrected chi connectivity index (χ4v) is 1.45. The Kier molecular flexibility index (Phi) is 4.96. The first-order valence-corrected chi connectivity index (χ1v) is 6.16. The van der Waals surface area contributed by atoms with Gasteiger partial charge in [-0.2, -0.15) is 0 Å². The van der Waals surface area contributed by atoms with Crippen molar-refractivity contribution in [2.45, 2.75) is 39.7 Å². The van der Waals surface area contributed by atoms with Gasteiger partial charge >= 0.3 is 6.09 Å². The highest BCUT2D eigenvalue weighted by Gasteiger charge is 2.20. The number of Topliss-reactive ketones (excluding diaryl/α,β-unsaturated/α-hetero) is 2. The van der Waals surface area contributed by atoms with E-state index in [1.54, 1.807) is 26.8 Å². The Morgan fingerprint density at radius 1 is 1.30 bits per heavy atom. The van der Waals surface area contributed by atoms with Gasteiger partial charge in [-0.3, -0.25) is 14.9 Å². The van der Waals surface area contributed by atoms with E-state index < -0.39 is 17.5 Å². The van der Waals surface area contributed by atoms with Crippen LogP contribution in [0, 0.1) is 0 Å². The number of nitrogens with one attached hydrogen (secondary N) is 1. The number of pyridine rings is 1. The normalized spacial score (nSPS) is 10.8. The van der Waals surface area contributed by atoms with Gasteiger partial charge in [0.15, 0.2) is 5.78 Å². The lowest BCUT2D eigenvalue weighted by molar-refractivity contribution is -0.116. The van der Waals surface area contributed by atoms with Gasteiger partial charge < -0.3 is 4.74 Å². The summed E-state index contributed by atoms with van der Waals surface area (Å²) in [4.78, 5) is 38.5. The molecule has 20 heavy (non-hydrogen) atoms. The van der Waals surface area contributed by atoms with E-state index in [1.165, 1.54) is 19.2 Å². The van der Waals surface area contributed by atoms with Crippen molar-refractivity contribution in [1.82, 2.24) is 4.98 Å². The van der Waals surface area contributed by atoms with Crippen LogP contribution < -0.4 is 5.32 Å². The number of hydrogen-bond donors (Lipinski definition) is 1. The van der Waals surface area contributed by atoms with Crippen LogP contribution in [0.3, 0.4) is 0 Å². The lowest BCUT2D eigenvalue weighted by Crippen LogP contribution is -2.28. The first kappa shape index (κ1) is 15.8. The lowest BCUT2D eigenvalue weighted by Gasteiger charge is -2.19. The van der Waals surface area contributed by atoms with E-state index in [4.69, 9.17) is 4.74 Å². The highest BCUT2D eigenvalue weighted by molar-refractivity contribution is 6.10. The molecule has 0 aromatic carbocycles. The number of rotatable bonds is 4. The van der Waals surface area contributed by atoms with Crippen LogP contribution in [0.1, 0.15) is 44.5 Å². The molecule has 0 radical (unpaired) electrons. The fraction of sp³-hybridized carbons (Fsp3) is 0.429. The first-order valence-electron chi connectivity index (χ1n) is 6.16. The number of anilines is 1. The molecule has 0 fully saturated rings. The summed E-state index contributed by atoms with van der Waals surface area (Å²) in [5.74, 6) is -0.549. The summed E-state index contributed by atoms with van der Waals surface area (Å²) in [7, 11) is 0. The third kappa shape index (κ3) is 5.17. The summed E-state index contributed by atoms with van der Waals surface area (Å²) in [6.45, 7) is 6.52. The van der Waals surface area contributed by atoms with Crippen LogP contribution in [-0.2, 0) is 9.53 Å². The second-order valence-corrected chi connectivity index (χ2v) is 5.33. The van der Waals surface area contributed by atoms with Crippen LogP contribution in [0.25, 0.3) is 0 Å². The minimum absolute atomic E-state index is 0.0907. The molecule has 1 aromatic rings. The quantitative estimate of drug-likeness (QED) is 0.675. The number of ketones is 2. The molecule has 1 aromatic heterocycles. The predicted molar refractivity (Wildman–Crippen MR) is 73.7 cm³/mol. The number of ether oxygens (including phenoxy) is 1. The number of carbonyl (C=O) groups excluding carboxylic acids is 3. The first-order chi connectivity index (χ1) is 9.19. The number of hydrogen-bond acceptors (Lipinski definition) is 5. The second kappa shape index (κ2) is 6.27. The molecule has 0 atom stereocenters. The molecule has 1 rings (SSSR count). The summed E-state index contributed by atoms with van der Waals surface area (Å²) >= 11 is 0. The van der Waals surface area contributed by atoms with Crippen LogP contribution in [-0.4, -0.2) is 28.2 Å². The molecule has 108 valence electrons. The summed E-state index contributed by atoms with van der Waals surface area (Å²) < 4.78 is 5.09. The van der Waals surface area contributed by atoms with Crippen LogP contribution in [0.5, 0.6) is 0 Å². The van der Waals surface area contributed by atoms with Crippen molar-refractivity contribution < 1.29 is 19.1 Å². The average Bonchev–Trinajstić information content (AvgIpc) is 2.25. The molecule has 0 aliphatic heterocycles. The Morgan fingerprint density at radius 3 is 2.50 bits per heavy atom. The van der Waals surface area contributed by atoms with Crippen molar-refractivity contribution in [2.24, 2.45) is 0 Å². The fourth-order valence-electron chi connectivity index (χ4n) is 1.45. The van der Waals surface area contributed by atoms with Gasteiger partial charge in [0.05, 0.1) is 12.0 Å². The van der Waals surface area contributed by atoms with Crippen LogP contribution in [0.15, 0.2) is 18.3 Å². The van der Waals surface area contributed by atoms with E-state index in [2.05, 4.69) is 10.3 Å². The zero-order valence-electron chi connectivity index (χ0n) is 12.0. The molecule has 1 N–H and O–H groups in total. The lowest BCUT2D eigenvalue weighted by atomic mass is 10.1. The van der Waals surface area contributed by atoms with Crippen LogP contribution in [0.2, 0.25) is 0 Å². The highest BCUT2D eigenvalue weighted by atomic mass is 16.6. The molecule has 0 bridgehead atoms. The zero-order valence-corrected chi connectivity index (χ0v) is 12.0. The van der Waals surface area contributed by atoms with Crippen LogP contribution in [0.4, 0.5) is 10.6 Å². The summed E-state index contributed by atoms with van der Waals surface area (Å²) in [6.07, 6.45) is 0.513. The largest absolute Gasteiger partial charge is 0.444 e. The number of aromatic nitrogens is 1. The maximum absolute atomic E-state index is 11.9. The Balaban J connectivity index is 2.88. The maximum Gasteiger partial charge on any atom is 0.413 e. The van der Waals surface area contributed by atoms with Crippen molar-refractivity contribution in [2.75, 3.05) is 5.32 Å². The number of nitrogens with zero attached hydrogens (tertiary/aromatic N) is 1. The standard InChI is InChI=1S/C14H18N2O4/c1-9(17)8-11(18)10-6-5-7-15-12(10)16-13(19)20-14(2,3)4/h5-7H,8H2,1-4H3,(H,15,16,19). The maximum atomic E-state index is 11.9. The molecule has 0 aliphatic carbocycles. The molecule has 0 saturated carbocycles. The van der Waals surface area contributed by atoms with Gasteiger partial charge in [-0.15, -0.1) is 0 Å². The Morgan fingerprint density at radius 2 is 1.95 bits per heavy atom. The SMILES string of the molecule is CC(=O)CC(=O)c1cccnc1NC(=O)OC(C)(C)C. The molecule has 1 heterocycles. The molecule has 0 aliphatic rings. The smallest absolute Gasteiger partial charge is 0.413 e. The molecular weight excluding hydrogens is 260 g/mol. The molecular formula is C14H18N2O4. The van der Waals surface area contributed by atoms with Crippen molar-refractivity contribution in [3.63, 3.8) is 0 Å². The third-order valence-electron chi connectivity index (χ3n) is 2.14. The minimum atomic E-state index is -0.701. The molecule has 6 nitrogen and oxygen atoms in total. The molecule has 1 amide bonds. The average molecular weight is 278 g/mol. The van der Waals surface area contributed by atoms with Gasteiger partial charge in [-0.05, 0) is 39.8 Å². The summed E-state index contributed by atoms with van der Waals surface area (Å²) in [5.41, 5.74) is -0.462. The van der Waals surface area contributed by atoms with E-state index in [9.17, 15) is 14.4 Å². The van der Waals surface area contributed by atoms with Crippen molar-refractivity contribution in [1.29, 1.82) is 0 Å². The van der Waals surface area contributed by atoms with E-state index in [-0.39, 0.29) is 23.6 Å². The van der Waals surface area contributed by atoms with Crippen molar-refractivity contribution >= 4 is 23.5 Å². The predicted octanol–water partition coefficient (Wildman–Crippen LogP) is 2.59. The van der Waals surface area contributed by atoms with Gasteiger partial charge in [0, 0.05) is 6.20 Å². The van der Waals surface area contributed by atoms with Crippen molar-refractivity contribution in [3.05, 3.63) is 23.9 Å². The van der Waals surface area contributed by atoms with Crippen LogP contribution >= 0.6 is 0 Å². The van der Waals surface area contributed by atoms with Gasteiger partial charge in [-0.1, -0.05) is 0 Å². The molecule has 0 saturated heterocycles. The summed E-state index contributed by atoms with van der Waals surface area (Å²) in [6, 6.07) is 3.07. The topological polar surface area (TPSA) is 85.4 Å². The monoisotopic (exact) mass is 278 g/mol. The summed E-state index contributed by atoms with van der Waals surface area (Å²) in [5, 5.41) is 2.42. The van der Waals surface area contributed by atoms with E-state index in [0.29, 0.717) is 0 Å². The Labute approximate surface area is 117 Å². The highest BCUT2D eigenvalue weighted by Crippen LogP contribution is 2.16. The van der Waals surface area contributed by atoms with Gasteiger partial charge in [0.25, 0.3) is 0 Å². The van der Waals surface area contributed by atoms with Crippen molar-refractivity contribution in [3.8, 4) is 0 Å². The molecule has 0 spiro atoms. The van der Waals surface area contributed by atoms with E-state index in [1.807, 2.05) is 0 Å². The van der Waals surface area contributed by atoms with Gasteiger partial charge in [0.1, 0.15) is 17.2 Å². The van der Waals surface area contributed by atoms with E-state index >= 15 is 0 Å². The third-order valence-corrected chi connectivity index (χ3v) is 2.14. The van der Waals surface area contributed by atoms with Gasteiger partial charge in [-0.25, -0.2) is 9.78 Å². The Hall–Kier alpha value is -2.24. The molecule has 0 unspecified atom stereocenters. The molecule has 6 heteroatoms. The number of carbonyl (C=O) groups is 3. The minimum Gasteiger partial charge on any atom is -0.444 e. The van der Waals surface area contributed by atoms with Gasteiger partial charge in [0.2, 0.25) is 0 Å². The number of amides is 1. The van der Waals surface area contributed by atoms with E-state index in [0.717, 1.165) is 0 Å². The second-order valence-electron chi connectivity index (χ2n) is 5.33. The zero-order chi connectivity index (χ0) is 15.3.